The van der Waals surface area contributed by atoms with Crippen LogP contribution < -0.4 is 9.80 Å². The van der Waals surface area contributed by atoms with Crippen LogP contribution in [0.2, 0.25) is 0 Å². The topological polar surface area (TPSA) is 59.0 Å². The van der Waals surface area contributed by atoms with Crippen molar-refractivity contribution in [3.63, 3.8) is 0 Å². The Hall–Kier alpha value is -9.26. The number of nitrogens with zero attached hydrogens (tertiary/aromatic N) is 2. The Morgan fingerprint density at radius 1 is 0.305 bits per heavy atom. The minimum atomic E-state index is -0.323. The summed E-state index contributed by atoms with van der Waals surface area (Å²) in [4.78, 5) is 4.65. The largest absolute Gasteiger partial charge is 0.456 e. The zero-order chi connectivity index (χ0) is 56.1. The van der Waals surface area contributed by atoms with Crippen molar-refractivity contribution in [2.75, 3.05) is 9.80 Å². The van der Waals surface area contributed by atoms with E-state index >= 15 is 0 Å². The molecule has 0 aliphatic heterocycles. The third-order valence-electron chi connectivity index (χ3n) is 17.1. The average Bonchev–Trinajstić information content (AvgIpc) is 2.44. The maximum absolute atomic E-state index is 7.37. The van der Waals surface area contributed by atoms with E-state index in [0.717, 1.165) is 155 Å². The van der Waals surface area contributed by atoms with Gasteiger partial charge in [-0.05, 0) is 140 Å². The first-order valence-corrected chi connectivity index (χ1v) is 28.9. The Bertz CT molecular complexity index is 4750. The monoisotopic (exact) mass is 1070 g/mol. The molecule has 0 amide bonds. The van der Waals surface area contributed by atoms with Crippen LogP contribution in [0.25, 0.3) is 109 Å². The van der Waals surface area contributed by atoms with E-state index in [1.165, 1.54) is 11.1 Å². The van der Waals surface area contributed by atoms with E-state index < -0.39 is 0 Å². The lowest BCUT2D eigenvalue weighted by Crippen LogP contribution is -2.16. The van der Waals surface area contributed by atoms with Gasteiger partial charge in [-0.15, -0.1) is 0 Å². The fraction of sp³-hybridized carbons (Fsp3) is 0.184. The Morgan fingerprint density at radius 2 is 0.683 bits per heavy atom. The molecule has 0 saturated heterocycles. The fourth-order valence-electron chi connectivity index (χ4n) is 13.4. The Morgan fingerprint density at radius 3 is 1.06 bits per heavy atom. The first kappa shape index (κ1) is 49.8. The zero-order valence-corrected chi connectivity index (χ0v) is 48.2. The maximum Gasteiger partial charge on any atom is 0.159 e. The van der Waals surface area contributed by atoms with Crippen molar-refractivity contribution < 1.29 is 17.7 Å². The highest BCUT2D eigenvalue weighted by Gasteiger charge is 2.35. The average molecular weight is 1070 g/mol. The number of benzene rings is 11. The highest BCUT2D eigenvalue weighted by atomic mass is 16.3. The fourth-order valence-corrected chi connectivity index (χ4v) is 13.4. The molecule has 402 valence electrons. The Balaban J connectivity index is 0.909. The molecular formula is C76H64N2O4. The van der Waals surface area contributed by atoms with Gasteiger partial charge in [0.15, 0.2) is 11.2 Å². The molecule has 6 nitrogen and oxygen atoms in total. The van der Waals surface area contributed by atoms with Crippen LogP contribution in [-0.4, -0.2) is 0 Å². The van der Waals surface area contributed by atoms with Gasteiger partial charge in [0, 0.05) is 77.0 Å². The molecule has 0 aliphatic carbocycles. The van der Waals surface area contributed by atoms with Crippen LogP contribution in [-0.2, 0) is 10.8 Å². The van der Waals surface area contributed by atoms with Gasteiger partial charge in [-0.2, -0.15) is 0 Å². The molecule has 4 aromatic heterocycles. The maximum atomic E-state index is 7.37. The van der Waals surface area contributed by atoms with Gasteiger partial charge in [0.05, 0.1) is 11.4 Å². The van der Waals surface area contributed by atoms with Crippen molar-refractivity contribution >= 4 is 143 Å². The minimum Gasteiger partial charge on any atom is -0.456 e. The van der Waals surface area contributed by atoms with Crippen molar-refractivity contribution in [2.24, 2.45) is 0 Å². The third-order valence-corrected chi connectivity index (χ3v) is 17.1. The van der Waals surface area contributed by atoms with Crippen LogP contribution in [0.4, 0.5) is 34.1 Å². The second-order valence-electron chi connectivity index (χ2n) is 25.2. The van der Waals surface area contributed by atoms with Crippen LogP contribution in [0.3, 0.4) is 0 Å². The summed E-state index contributed by atoms with van der Waals surface area (Å²) in [5, 5.41) is 13.3. The van der Waals surface area contributed by atoms with E-state index in [4.69, 9.17) is 17.7 Å². The molecule has 15 aromatic rings. The standard InChI is InChI=1S/C76H64N2O4/c1-43(2)53-25-17-27-55-57-29-19-31-61(71(57)81-69(53)55)77(49-21-13-11-14-22-49)51-35-33-45-39-59-63(41-47(45)37-51)79-73-65(59)67(75(5,6)7)74-66(68(73)76(8,9)10)60-40-46-34-36-52(38-48(46)42-64(60)80-74)78(50-23-15-12-16-24-50)62-32-20-30-58-56-28-18-26-54(44(3)4)70(56)82-72(58)62/h11-44H,1-10H3. The first-order valence-electron chi connectivity index (χ1n) is 28.9. The van der Waals surface area contributed by atoms with Gasteiger partial charge in [0.1, 0.15) is 33.5 Å². The van der Waals surface area contributed by atoms with E-state index in [0.29, 0.717) is 11.8 Å². The second kappa shape index (κ2) is 18.1. The molecular weight excluding hydrogens is 1000 g/mol. The summed E-state index contributed by atoms with van der Waals surface area (Å²) >= 11 is 0. The van der Waals surface area contributed by atoms with Crippen molar-refractivity contribution in [1.82, 2.24) is 0 Å². The molecule has 0 atom stereocenters. The first-order chi connectivity index (χ1) is 39.6. The smallest absolute Gasteiger partial charge is 0.159 e. The quantitative estimate of drug-likeness (QED) is 0.151. The number of hydrogen-bond acceptors (Lipinski definition) is 6. The van der Waals surface area contributed by atoms with Crippen LogP contribution >= 0.6 is 0 Å². The molecule has 0 radical (unpaired) electrons. The summed E-state index contributed by atoms with van der Waals surface area (Å²) < 4.78 is 28.6. The lowest BCUT2D eigenvalue weighted by Gasteiger charge is -2.26. The number of rotatable bonds is 8. The minimum absolute atomic E-state index is 0.321. The summed E-state index contributed by atoms with van der Waals surface area (Å²) in [7, 11) is 0. The normalized spacial score (nSPS) is 12.7. The molecule has 0 N–H and O–H groups in total. The van der Waals surface area contributed by atoms with Crippen molar-refractivity contribution in [3.8, 4) is 0 Å². The SMILES string of the molecule is CC(C)c1cccc2c1oc1c(N(c3ccccc3)c3ccc4cc5c(cc4c3)oc3c(C(C)(C)C)c4c(oc6cc7cc(N(c8ccccc8)c8cccc9c8oc8c(C(C)C)cccc89)ccc7cc64)c(C(C)(C)C)c35)cccc12. The highest BCUT2D eigenvalue weighted by molar-refractivity contribution is 6.23. The zero-order valence-electron chi connectivity index (χ0n) is 48.2. The van der Waals surface area contributed by atoms with Gasteiger partial charge in [-0.1, -0.05) is 178 Å². The van der Waals surface area contributed by atoms with Crippen molar-refractivity contribution in [1.29, 1.82) is 0 Å². The van der Waals surface area contributed by atoms with Crippen LogP contribution in [0.15, 0.2) is 212 Å². The number of para-hydroxylation sites is 6. The molecule has 82 heavy (non-hydrogen) atoms. The predicted molar refractivity (Wildman–Crippen MR) is 346 cm³/mol. The van der Waals surface area contributed by atoms with Crippen molar-refractivity contribution in [3.05, 3.63) is 216 Å². The van der Waals surface area contributed by atoms with Crippen LogP contribution in [0.5, 0.6) is 0 Å². The van der Waals surface area contributed by atoms with E-state index in [9.17, 15) is 0 Å². The molecule has 11 aromatic carbocycles. The van der Waals surface area contributed by atoms with Gasteiger partial charge in [0.25, 0.3) is 0 Å². The Kier molecular flexibility index (Phi) is 11.0. The Labute approximate surface area is 476 Å². The van der Waals surface area contributed by atoms with Crippen molar-refractivity contribution in [2.45, 2.75) is 91.9 Å². The molecule has 0 saturated carbocycles. The number of fused-ring (bicyclic) bond motifs is 14. The molecule has 0 spiro atoms. The number of hydrogen-bond donors (Lipinski definition) is 0. The van der Waals surface area contributed by atoms with Gasteiger partial charge in [0.2, 0.25) is 0 Å². The number of anilines is 6. The molecule has 6 heteroatoms. The molecule has 4 heterocycles. The summed E-state index contributed by atoms with van der Waals surface area (Å²) in [6.45, 7) is 22.7. The summed E-state index contributed by atoms with van der Waals surface area (Å²) in [5.41, 5.74) is 17.3. The molecule has 0 aliphatic rings. The summed E-state index contributed by atoms with van der Waals surface area (Å²) in [5.74, 6) is 0.642. The third kappa shape index (κ3) is 7.60. The second-order valence-corrected chi connectivity index (χ2v) is 25.2. The molecule has 0 unspecified atom stereocenters. The number of furan rings is 4. The molecule has 0 fully saturated rings. The van der Waals surface area contributed by atoms with E-state index in [1.807, 2.05) is 0 Å². The van der Waals surface area contributed by atoms with Gasteiger partial charge in [-0.3, -0.25) is 0 Å². The molecule has 15 rings (SSSR count). The van der Waals surface area contributed by atoms with E-state index in [2.05, 4.69) is 273 Å². The van der Waals surface area contributed by atoms with Gasteiger partial charge in [-0.25, -0.2) is 0 Å². The predicted octanol–water partition coefficient (Wildman–Crippen LogP) is 23.4. The lowest BCUT2D eigenvalue weighted by atomic mass is 9.77. The van der Waals surface area contributed by atoms with Gasteiger partial charge < -0.3 is 27.5 Å². The lowest BCUT2D eigenvalue weighted by molar-refractivity contribution is 0.564. The van der Waals surface area contributed by atoms with Crippen LogP contribution in [0.1, 0.15) is 103 Å². The highest BCUT2D eigenvalue weighted by Crippen LogP contribution is 2.53. The molecule has 0 bridgehead atoms. The summed E-state index contributed by atoms with van der Waals surface area (Å²) in [6, 6.07) is 70.0. The van der Waals surface area contributed by atoms with Gasteiger partial charge >= 0.3 is 0 Å². The summed E-state index contributed by atoms with van der Waals surface area (Å²) in [6.07, 6.45) is 0. The van der Waals surface area contributed by atoms with Crippen LogP contribution in [0, 0.1) is 0 Å². The van der Waals surface area contributed by atoms with E-state index in [1.54, 1.807) is 0 Å². The van der Waals surface area contributed by atoms with E-state index in [-0.39, 0.29) is 10.8 Å².